The Bertz CT molecular complexity index is 1060. The van der Waals surface area contributed by atoms with Gasteiger partial charge >= 0.3 is 5.97 Å². The summed E-state index contributed by atoms with van der Waals surface area (Å²) in [5.74, 6) is 2.32. The van der Waals surface area contributed by atoms with E-state index >= 15 is 0 Å². The first-order chi connectivity index (χ1) is 15.1. The number of rotatable bonds is 8. The number of carbonyl (C=O) groups excluding carboxylic acids is 4. The third-order valence-corrected chi connectivity index (χ3v) is 5.18. The Labute approximate surface area is 183 Å². The van der Waals surface area contributed by atoms with Gasteiger partial charge in [0.1, 0.15) is 6.04 Å². The third-order valence-electron chi connectivity index (χ3n) is 5.18. The Balaban J connectivity index is 1.81. The summed E-state index contributed by atoms with van der Waals surface area (Å²) >= 11 is 0. The van der Waals surface area contributed by atoms with E-state index in [0.29, 0.717) is 11.1 Å². The van der Waals surface area contributed by atoms with Gasteiger partial charge in [-0.05, 0) is 23.6 Å². The second kappa shape index (κ2) is 9.02. The lowest BCUT2D eigenvalue weighted by atomic mass is 9.95. The molecule has 2 aliphatic rings. The van der Waals surface area contributed by atoms with Gasteiger partial charge in [0.2, 0.25) is 11.8 Å². The van der Waals surface area contributed by atoms with E-state index < -0.39 is 35.6 Å². The molecule has 2 aliphatic heterocycles. The van der Waals surface area contributed by atoms with Crippen molar-refractivity contribution in [2.45, 2.75) is 31.7 Å². The lowest BCUT2D eigenvalue weighted by molar-refractivity contribution is -0.138. The number of piperidine rings is 1. The summed E-state index contributed by atoms with van der Waals surface area (Å²) in [6.45, 7) is 4.02. The van der Waals surface area contributed by atoms with E-state index in [1.54, 1.807) is 12.1 Å². The average molecular weight is 441 g/mol. The quantitative estimate of drug-likeness (QED) is 0.244. The number of aliphatic carboxylic acids is 1. The monoisotopic (exact) mass is 441 g/mol. The molecule has 3 rings (SSSR count). The molecule has 0 aromatic heterocycles. The molecular formula is C21H23N5O6. The van der Waals surface area contributed by atoms with Crippen molar-refractivity contribution in [3.8, 4) is 0 Å². The average Bonchev–Trinajstić information content (AvgIpc) is 2.97. The minimum Gasteiger partial charge on any atom is -0.481 e. The molecule has 1 atom stereocenters. The van der Waals surface area contributed by atoms with E-state index in [-0.39, 0.29) is 49.1 Å². The molecular weight excluding hydrogens is 418 g/mol. The number of carboxylic acids is 1. The van der Waals surface area contributed by atoms with Crippen LogP contribution in [0.5, 0.6) is 0 Å². The molecule has 11 heteroatoms. The molecule has 11 nitrogen and oxygen atoms in total. The molecule has 1 fully saturated rings. The van der Waals surface area contributed by atoms with E-state index in [4.69, 9.17) is 16.7 Å². The van der Waals surface area contributed by atoms with Gasteiger partial charge in [0.05, 0.1) is 17.5 Å². The summed E-state index contributed by atoms with van der Waals surface area (Å²) < 4.78 is 0. The highest BCUT2D eigenvalue weighted by Crippen LogP contribution is 2.33. The van der Waals surface area contributed by atoms with Crippen LogP contribution in [0.25, 0.3) is 5.57 Å². The highest BCUT2D eigenvalue weighted by atomic mass is 16.4. The fraction of sp³-hybridized carbons (Fsp3) is 0.286. The summed E-state index contributed by atoms with van der Waals surface area (Å²) in [4.78, 5) is 61.2. The van der Waals surface area contributed by atoms with E-state index in [0.717, 1.165) is 9.91 Å². The molecule has 1 aromatic carbocycles. The maximum Gasteiger partial charge on any atom is 0.305 e. The SMILES string of the molecule is C=C(C/C(N)=C/N(N)CCC(=O)O)c1cccc2c1C(=O)N(C1CCC(=O)NC1=O)C2=O. The van der Waals surface area contributed by atoms with Gasteiger partial charge in [0.15, 0.2) is 0 Å². The summed E-state index contributed by atoms with van der Waals surface area (Å²) in [5, 5.41) is 12.0. The van der Waals surface area contributed by atoms with Crippen molar-refractivity contribution in [1.82, 2.24) is 15.2 Å². The molecule has 0 radical (unpaired) electrons. The van der Waals surface area contributed by atoms with E-state index in [1.165, 1.54) is 12.3 Å². The van der Waals surface area contributed by atoms with Crippen molar-refractivity contribution in [2.24, 2.45) is 11.6 Å². The first-order valence-electron chi connectivity index (χ1n) is 9.82. The number of nitrogens with two attached hydrogens (primary N) is 2. The molecule has 0 spiro atoms. The van der Waals surface area contributed by atoms with Gasteiger partial charge in [0, 0.05) is 31.3 Å². The van der Waals surface area contributed by atoms with Crippen LogP contribution in [0, 0.1) is 0 Å². The van der Waals surface area contributed by atoms with E-state index in [1.807, 2.05) is 0 Å². The van der Waals surface area contributed by atoms with Gasteiger partial charge in [-0.1, -0.05) is 18.7 Å². The van der Waals surface area contributed by atoms with Gasteiger partial charge in [-0.15, -0.1) is 0 Å². The van der Waals surface area contributed by atoms with Crippen LogP contribution in [0.4, 0.5) is 0 Å². The summed E-state index contributed by atoms with van der Waals surface area (Å²) in [6, 6.07) is 3.65. The number of carbonyl (C=O) groups is 5. The highest BCUT2D eigenvalue weighted by molar-refractivity contribution is 6.25. The Kier molecular flexibility index (Phi) is 6.40. The maximum absolute atomic E-state index is 13.1. The number of nitrogens with zero attached hydrogens (tertiary/aromatic N) is 2. The molecule has 4 amide bonds. The predicted molar refractivity (Wildman–Crippen MR) is 112 cm³/mol. The van der Waals surface area contributed by atoms with Crippen LogP contribution in [0.1, 0.15) is 52.0 Å². The van der Waals surface area contributed by atoms with Crippen molar-refractivity contribution >= 4 is 35.2 Å². The first kappa shape index (κ1) is 22.7. The van der Waals surface area contributed by atoms with Crippen LogP contribution in [-0.2, 0) is 14.4 Å². The molecule has 168 valence electrons. The standard InChI is InChI=1S/C21H23N5O6/c1-11(9-12(22)10-25(23)8-7-17(28)29)13-3-2-4-14-18(13)21(32)26(20(14)31)15-5-6-16(27)24-19(15)30/h2-4,10,15H,1,5-9,22-23H2,(H,28,29)(H,24,27,30)/b12-10-. The molecule has 1 unspecified atom stereocenters. The minimum absolute atomic E-state index is 0.0299. The molecule has 6 N–H and O–H groups in total. The largest absolute Gasteiger partial charge is 0.481 e. The smallest absolute Gasteiger partial charge is 0.305 e. The fourth-order valence-electron chi connectivity index (χ4n) is 3.70. The number of allylic oxidation sites excluding steroid dienone is 1. The second-order valence-electron chi connectivity index (χ2n) is 7.54. The second-order valence-corrected chi connectivity index (χ2v) is 7.54. The first-order valence-corrected chi connectivity index (χ1v) is 9.82. The van der Waals surface area contributed by atoms with Crippen molar-refractivity contribution in [3.05, 3.63) is 53.4 Å². The van der Waals surface area contributed by atoms with Gasteiger partial charge in [-0.3, -0.25) is 34.2 Å². The van der Waals surface area contributed by atoms with Crippen molar-refractivity contribution in [2.75, 3.05) is 6.54 Å². The van der Waals surface area contributed by atoms with Crippen LogP contribution in [-0.4, -0.2) is 57.2 Å². The number of nitrogens with one attached hydrogen (secondary N) is 1. The third kappa shape index (κ3) is 4.52. The topological polar surface area (TPSA) is 176 Å². The summed E-state index contributed by atoms with van der Waals surface area (Å²) in [7, 11) is 0. The summed E-state index contributed by atoms with van der Waals surface area (Å²) in [5.41, 5.74) is 7.37. The fourth-order valence-corrected chi connectivity index (χ4v) is 3.70. The van der Waals surface area contributed by atoms with Crippen LogP contribution in [0.15, 0.2) is 36.7 Å². The number of hydrogen-bond acceptors (Lipinski definition) is 8. The number of hydrogen-bond donors (Lipinski definition) is 4. The molecule has 1 saturated heterocycles. The van der Waals surface area contributed by atoms with E-state index in [2.05, 4.69) is 11.9 Å². The van der Waals surface area contributed by atoms with Crippen LogP contribution in [0.3, 0.4) is 0 Å². The zero-order valence-electron chi connectivity index (χ0n) is 17.2. The van der Waals surface area contributed by atoms with Crippen molar-refractivity contribution in [1.29, 1.82) is 0 Å². The number of carboxylic acid groups (broad SMARTS) is 1. The lowest BCUT2D eigenvalue weighted by Crippen LogP contribution is -2.54. The molecule has 0 aliphatic carbocycles. The maximum atomic E-state index is 13.1. The molecule has 1 aromatic rings. The number of benzene rings is 1. The zero-order valence-corrected chi connectivity index (χ0v) is 17.2. The van der Waals surface area contributed by atoms with Gasteiger partial charge in [-0.25, -0.2) is 5.84 Å². The molecule has 32 heavy (non-hydrogen) atoms. The molecule has 0 bridgehead atoms. The Morgan fingerprint density at radius 2 is 2.00 bits per heavy atom. The zero-order chi connectivity index (χ0) is 23.6. The van der Waals surface area contributed by atoms with Crippen LogP contribution in [0.2, 0.25) is 0 Å². The Hall–Kier alpha value is -3.99. The van der Waals surface area contributed by atoms with Gasteiger partial charge in [-0.2, -0.15) is 0 Å². The Morgan fingerprint density at radius 3 is 2.66 bits per heavy atom. The van der Waals surface area contributed by atoms with Crippen molar-refractivity contribution in [3.63, 3.8) is 0 Å². The molecule has 0 saturated carbocycles. The lowest BCUT2D eigenvalue weighted by Gasteiger charge is -2.27. The highest BCUT2D eigenvalue weighted by Gasteiger charge is 2.45. The van der Waals surface area contributed by atoms with Crippen LogP contribution < -0.4 is 16.9 Å². The van der Waals surface area contributed by atoms with Gasteiger partial charge < -0.3 is 15.8 Å². The summed E-state index contributed by atoms with van der Waals surface area (Å²) in [6.07, 6.45) is 1.41. The van der Waals surface area contributed by atoms with E-state index in [9.17, 15) is 24.0 Å². The number of hydrazine groups is 1. The minimum atomic E-state index is -1.06. The molecule has 2 heterocycles. The van der Waals surface area contributed by atoms with Crippen molar-refractivity contribution < 1.29 is 29.1 Å². The number of imide groups is 2. The predicted octanol–water partition coefficient (Wildman–Crippen LogP) is -0.0584. The number of amides is 4. The normalized spacial score (nSPS) is 18.5. The van der Waals surface area contributed by atoms with Gasteiger partial charge in [0.25, 0.3) is 11.8 Å². The Morgan fingerprint density at radius 1 is 1.28 bits per heavy atom. The number of fused-ring (bicyclic) bond motifs is 1. The van der Waals surface area contributed by atoms with Crippen LogP contribution >= 0.6 is 0 Å².